The molecule has 156 valence electrons. The average Bonchev–Trinajstić information content (AvgIpc) is 2.78. The van der Waals surface area contributed by atoms with Crippen molar-refractivity contribution < 1.29 is 13.2 Å². The van der Waals surface area contributed by atoms with Crippen LogP contribution in [0.2, 0.25) is 0 Å². The fourth-order valence-electron chi connectivity index (χ4n) is 3.16. The summed E-state index contributed by atoms with van der Waals surface area (Å²) in [5.74, 6) is 0. The summed E-state index contributed by atoms with van der Waals surface area (Å²) in [7, 11) is -3.62. The number of hydrogen-bond donors (Lipinski definition) is 2. The number of amides is 2. The SMILES string of the molecule is CCc1ccc(S(=O)(=O)c2ccc(NC(=O)NCc3cccnc3)cc2)cc1CC. The van der Waals surface area contributed by atoms with E-state index in [1.54, 1.807) is 42.7 Å². The Balaban J connectivity index is 1.69. The van der Waals surface area contributed by atoms with Crippen LogP contribution in [0.25, 0.3) is 0 Å². The normalized spacial score (nSPS) is 11.1. The topological polar surface area (TPSA) is 88.2 Å². The number of urea groups is 1. The number of rotatable bonds is 7. The lowest BCUT2D eigenvalue weighted by atomic mass is 10.0. The van der Waals surface area contributed by atoms with Crippen LogP contribution in [0.4, 0.5) is 10.5 Å². The molecule has 0 fully saturated rings. The number of aromatic nitrogens is 1. The first-order chi connectivity index (χ1) is 14.4. The number of carbonyl (C=O) groups is 1. The number of benzene rings is 2. The maximum Gasteiger partial charge on any atom is 0.319 e. The van der Waals surface area contributed by atoms with Gasteiger partial charge in [0.1, 0.15) is 0 Å². The van der Waals surface area contributed by atoms with Gasteiger partial charge in [-0.3, -0.25) is 4.98 Å². The molecule has 0 aliphatic carbocycles. The summed E-state index contributed by atoms with van der Waals surface area (Å²) in [6.45, 7) is 4.42. The molecule has 0 unspecified atom stereocenters. The van der Waals surface area contributed by atoms with E-state index < -0.39 is 9.84 Å². The van der Waals surface area contributed by atoms with Crippen LogP contribution in [-0.2, 0) is 29.2 Å². The molecule has 3 aromatic rings. The second kappa shape index (κ2) is 9.54. The van der Waals surface area contributed by atoms with E-state index in [9.17, 15) is 13.2 Å². The summed E-state index contributed by atoms with van der Waals surface area (Å²) in [4.78, 5) is 16.5. The van der Waals surface area contributed by atoms with Crippen LogP contribution in [0.3, 0.4) is 0 Å². The van der Waals surface area contributed by atoms with Gasteiger partial charge in [0, 0.05) is 24.6 Å². The molecule has 0 aliphatic rings. The van der Waals surface area contributed by atoms with Crippen molar-refractivity contribution in [2.75, 3.05) is 5.32 Å². The van der Waals surface area contributed by atoms with Crippen LogP contribution in [0, 0.1) is 0 Å². The highest BCUT2D eigenvalue weighted by atomic mass is 32.2. The average molecular weight is 424 g/mol. The van der Waals surface area contributed by atoms with Gasteiger partial charge in [0.05, 0.1) is 9.79 Å². The van der Waals surface area contributed by atoms with E-state index in [1.165, 1.54) is 12.1 Å². The zero-order valence-electron chi connectivity index (χ0n) is 17.1. The van der Waals surface area contributed by atoms with Crippen LogP contribution in [0.1, 0.15) is 30.5 Å². The molecule has 0 saturated heterocycles. The number of carbonyl (C=O) groups excluding carboxylic acids is 1. The largest absolute Gasteiger partial charge is 0.334 e. The van der Waals surface area contributed by atoms with Crippen molar-refractivity contribution in [1.29, 1.82) is 0 Å². The molecule has 0 radical (unpaired) electrons. The number of hydrogen-bond acceptors (Lipinski definition) is 4. The van der Waals surface area contributed by atoms with E-state index in [2.05, 4.69) is 22.5 Å². The van der Waals surface area contributed by atoms with Crippen LogP contribution >= 0.6 is 0 Å². The van der Waals surface area contributed by atoms with Crippen molar-refractivity contribution in [3.63, 3.8) is 0 Å². The van der Waals surface area contributed by atoms with Crippen LogP contribution in [0.5, 0.6) is 0 Å². The Morgan fingerprint density at radius 1 is 0.933 bits per heavy atom. The van der Waals surface area contributed by atoms with E-state index >= 15 is 0 Å². The molecule has 7 heteroatoms. The Kier molecular flexibility index (Phi) is 6.84. The van der Waals surface area contributed by atoms with Gasteiger partial charge in [-0.05, 0) is 72.0 Å². The molecule has 0 atom stereocenters. The van der Waals surface area contributed by atoms with Gasteiger partial charge in [0.25, 0.3) is 0 Å². The molecule has 2 aromatic carbocycles. The van der Waals surface area contributed by atoms with Crippen LogP contribution in [-0.4, -0.2) is 19.4 Å². The standard InChI is InChI=1S/C23H25N3O3S/c1-3-18-7-10-22(14-19(18)4-2)30(28,29)21-11-8-20(9-12-21)26-23(27)25-16-17-6-5-13-24-15-17/h5-15H,3-4,16H2,1-2H3,(H2,25,26,27). The Bertz CT molecular complexity index is 1110. The fraction of sp³-hybridized carbons (Fsp3) is 0.217. The maximum absolute atomic E-state index is 13.0. The van der Waals surface area contributed by atoms with Crippen molar-refractivity contribution in [2.24, 2.45) is 0 Å². The first kappa shape index (κ1) is 21.5. The predicted octanol–water partition coefficient (Wildman–Crippen LogP) is 4.36. The summed E-state index contributed by atoms with van der Waals surface area (Å²) in [5, 5.41) is 5.43. The first-order valence-electron chi connectivity index (χ1n) is 9.84. The first-order valence-corrected chi connectivity index (χ1v) is 11.3. The molecule has 6 nitrogen and oxygen atoms in total. The lowest BCUT2D eigenvalue weighted by molar-refractivity contribution is 0.251. The Labute approximate surface area is 177 Å². The van der Waals surface area contributed by atoms with Crippen LogP contribution in [0.15, 0.2) is 76.8 Å². The monoisotopic (exact) mass is 423 g/mol. The minimum Gasteiger partial charge on any atom is -0.334 e. The van der Waals surface area contributed by atoms with Gasteiger partial charge < -0.3 is 10.6 Å². The second-order valence-corrected chi connectivity index (χ2v) is 8.78. The molecular formula is C23H25N3O3S. The third kappa shape index (κ3) is 5.04. The molecule has 1 aromatic heterocycles. The number of nitrogens with zero attached hydrogens (tertiary/aromatic N) is 1. The second-order valence-electron chi connectivity index (χ2n) is 6.83. The molecule has 2 amide bonds. The highest BCUT2D eigenvalue weighted by Crippen LogP contribution is 2.25. The Hall–Kier alpha value is -3.19. The molecule has 0 aliphatic heterocycles. The van der Waals surface area contributed by atoms with Gasteiger partial charge in [0.2, 0.25) is 9.84 Å². The summed E-state index contributed by atoms with van der Waals surface area (Å²) >= 11 is 0. The van der Waals surface area contributed by atoms with Gasteiger partial charge in [-0.25, -0.2) is 13.2 Å². The molecular weight excluding hydrogens is 398 g/mol. The Morgan fingerprint density at radius 3 is 2.27 bits per heavy atom. The number of nitrogens with one attached hydrogen (secondary N) is 2. The van der Waals surface area contributed by atoms with Gasteiger partial charge in [-0.1, -0.05) is 26.0 Å². The summed E-state index contributed by atoms with van der Waals surface area (Å²) in [5.41, 5.74) is 3.60. The molecule has 3 rings (SSSR count). The molecule has 0 spiro atoms. The number of aryl methyl sites for hydroxylation is 2. The summed E-state index contributed by atoms with van der Waals surface area (Å²) in [6.07, 6.45) is 4.99. The molecule has 2 N–H and O–H groups in total. The van der Waals surface area contributed by atoms with Crippen LogP contribution < -0.4 is 10.6 Å². The van der Waals surface area contributed by atoms with E-state index in [-0.39, 0.29) is 15.8 Å². The summed E-state index contributed by atoms with van der Waals surface area (Å²) in [6, 6.07) is 14.8. The minimum atomic E-state index is -3.62. The highest BCUT2D eigenvalue weighted by molar-refractivity contribution is 7.91. The van der Waals surface area contributed by atoms with Crippen molar-refractivity contribution in [1.82, 2.24) is 10.3 Å². The van der Waals surface area contributed by atoms with Crippen molar-refractivity contribution >= 4 is 21.6 Å². The predicted molar refractivity (Wildman–Crippen MR) is 117 cm³/mol. The zero-order chi connectivity index (χ0) is 21.6. The lowest BCUT2D eigenvalue weighted by Crippen LogP contribution is -2.28. The third-order valence-corrected chi connectivity index (χ3v) is 6.62. The van der Waals surface area contributed by atoms with Gasteiger partial charge in [0.15, 0.2) is 0 Å². The molecule has 0 saturated carbocycles. The quantitative estimate of drug-likeness (QED) is 0.591. The lowest BCUT2D eigenvalue weighted by Gasteiger charge is -2.11. The highest BCUT2D eigenvalue weighted by Gasteiger charge is 2.19. The fourth-order valence-corrected chi connectivity index (χ4v) is 4.47. The van der Waals surface area contributed by atoms with Gasteiger partial charge >= 0.3 is 6.03 Å². The van der Waals surface area contributed by atoms with E-state index in [0.29, 0.717) is 12.2 Å². The van der Waals surface area contributed by atoms with E-state index in [1.807, 2.05) is 19.1 Å². The van der Waals surface area contributed by atoms with E-state index in [0.717, 1.165) is 29.5 Å². The zero-order valence-corrected chi connectivity index (χ0v) is 17.9. The van der Waals surface area contributed by atoms with Gasteiger partial charge in [-0.2, -0.15) is 0 Å². The number of sulfone groups is 1. The molecule has 1 heterocycles. The maximum atomic E-state index is 13.0. The van der Waals surface area contributed by atoms with E-state index in [4.69, 9.17) is 0 Å². The smallest absolute Gasteiger partial charge is 0.319 e. The Morgan fingerprint density at radius 2 is 1.63 bits per heavy atom. The molecule has 30 heavy (non-hydrogen) atoms. The summed E-state index contributed by atoms with van der Waals surface area (Å²) < 4.78 is 26.0. The van der Waals surface area contributed by atoms with Crippen molar-refractivity contribution in [3.05, 3.63) is 83.7 Å². The number of anilines is 1. The number of pyridine rings is 1. The van der Waals surface area contributed by atoms with Crippen molar-refractivity contribution in [3.8, 4) is 0 Å². The van der Waals surface area contributed by atoms with Gasteiger partial charge in [-0.15, -0.1) is 0 Å². The third-order valence-electron chi connectivity index (χ3n) is 4.85. The van der Waals surface area contributed by atoms with Crippen molar-refractivity contribution in [2.45, 2.75) is 43.0 Å². The minimum absolute atomic E-state index is 0.190. The molecule has 0 bridgehead atoms.